The van der Waals surface area contributed by atoms with Crippen LogP contribution >= 0.6 is 0 Å². The molecule has 1 atom stereocenters. The molecule has 1 heterocycles. The van der Waals surface area contributed by atoms with Crippen LogP contribution in [0, 0.1) is 0 Å². The summed E-state index contributed by atoms with van der Waals surface area (Å²) in [7, 11) is 0. The smallest absolute Gasteiger partial charge is 0.221 e. The second kappa shape index (κ2) is 5.74. The van der Waals surface area contributed by atoms with E-state index >= 15 is 0 Å². The molecule has 0 spiro atoms. The van der Waals surface area contributed by atoms with Gasteiger partial charge in [-0.2, -0.15) is 0 Å². The molecule has 3 rings (SSSR count). The van der Waals surface area contributed by atoms with E-state index in [0.717, 1.165) is 25.8 Å². The van der Waals surface area contributed by atoms with E-state index in [4.69, 9.17) is 0 Å². The van der Waals surface area contributed by atoms with Crippen LogP contribution in [0.5, 0.6) is 0 Å². The second-order valence-corrected chi connectivity index (χ2v) is 5.80. The van der Waals surface area contributed by atoms with Gasteiger partial charge in [-0.15, -0.1) is 0 Å². The Hall–Kier alpha value is -1.35. The van der Waals surface area contributed by atoms with E-state index < -0.39 is 0 Å². The third kappa shape index (κ3) is 3.16. The molecule has 0 saturated heterocycles. The molecule has 1 amide bonds. The highest BCUT2D eigenvalue weighted by Gasteiger charge is 2.22. The van der Waals surface area contributed by atoms with Crippen molar-refractivity contribution >= 4 is 5.91 Å². The second-order valence-electron chi connectivity index (χ2n) is 5.80. The summed E-state index contributed by atoms with van der Waals surface area (Å²) in [5, 5.41) is 6.64. The molecule has 2 aliphatic rings. The van der Waals surface area contributed by atoms with Crippen molar-refractivity contribution in [1.82, 2.24) is 10.6 Å². The van der Waals surface area contributed by atoms with E-state index in [0.29, 0.717) is 12.5 Å². The predicted molar refractivity (Wildman–Crippen MR) is 75.8 cm³/mol. The lowest BCUT2D eigenvalue weighted by Gasteiger charge is -2.26. The summed E-state index contributed by atoms with van der Waals surface area (Å²) in [4.78, 5) is 12.0. The van der Waals surface area contributed by atoms with Crippen LogP contribution in [0.4, 0.5) is 0 Å². The van der Waals surface area contributed by atoms with E-state index in [2.05, 4.69) is 34.9 Å². The number of nitrogens with one attached hydrogen (secondary N) is 2. The lowest BCUT2D eigenvalue weighted by molar-refractivity contribution is -0.122. The number of carbonyl (C=O) groups excluding carboxylic acids is 1. The number of hydrogen-bond donors (Lipinski definition) is 2. The summed E-state index contributed by atoms with van der Waals surface area (Å²) in [5.74, 6) is 0.212. The molecule has 2 N–H and O–H groups in total. The minimum atomic E-state index is 0.212. The van der Waals surface area contributed by atoms with Crippen molar-refractivity contribution in [3.63, 3.8) is 0 Å². The molecule has 1 aromatic carbocycles. The monoisotopic (exact) mass is 258 g/mol. The normalized spacial score (nSPS) is 23.1. The van der Waals surface area contributed by atoms with Gasteiger partial charge in [0, 0.05) is 25.0 Å². The molecule has 1 unspecified atom stereocenters. The largest absolute Gasteiger partial charge is 0.353 e. The van der Waals surface area contributed by atoms with Crippen molar-refractivity contribution < 1.29 is 4.79 Å². The summed E-state index contributed by atoms with van der Waals surface area (Å²) < 4.78 is 0. The Labute approximate surface area is 114 Å². The Morgan fingerprint density at radius 2 is 1.95 bits per heavy atom. The van der Waals surface area contributed by atoms with E-state index in [1.54, 1.807) is 0 Å². The third-order valence-electron chi connectivity index (χ3n) is 4.32. The van der Waals surface area contributed by atoms with Crippen molar-refractivity contribution in [1.29, 1.82) is 0 Å². The van der Waals surface area contributed by atoms with Crippen LogP contribution in [0.15, 0.2) is 24.3 Å². The molecule has 3 heteroatoms. The van der Waals surface area contributed by atoms with Gasteiger partial charge in [-0.05, 0) is 30.4 Å². The van der Waals surface area contributed by atoms with Crippen LogP contribution < -0.4 is 10.6 Å². The summed E-state index contributed by atoms with van der Waals surface area (Å²) >= 11 is 0. The van der Waals surface area contributed by atoms with Gasteiger partial charge in [-0.3, -0.25) is 4.79 Å². The molecule has 0 radical (unpaired) electrons. The van der Waals surface area contributed by atoms with Crippen LogP contribution in [0.1, 0.15) is 43.2 Å². The molecule has 1 fully saturated rings. The maximum atomic E-state index is 12.0. The summed E-state index contributed by atoms with van der Waals surface area (Å²) in [5.41, 5.74) is 2.76. The van der Waals surface area contributed by atoms with Crippen LogP contribution in [0.25, 0.3) is 0 Å². The quantitative estimate of drug-likeness (QED) is 0.872. The van der Waals surface area contributed by atoms with Gasteiger partial charge < -0.3 is 10.6 Å². The maximum absolute atomic E-state index is 12.0. The molecule has 19 heavy (non-hydrogen) atoms. The van der Waals surface area contributed by atoms with Crippen molar-refractivity contribution in [3.8, 4) is 0 Å². The molecule has 102 valence electrons. The third-order valence-corrected chi connectivity index (χ3v) is 4.32. The molecule has 0 bridgehead atoms. The number of fused-ring (bicyclic) bond motifs is 1. The van der Waals surface area contributed by atoms with Gasteiger partial charge in [0.25, 0.3) is 0 Å². The van der Waals surface area contributed by atoms with Crippen LogP contribution in [0.2, 0.25) is 0 Å². The molecule has 0 aromatic heterocycles. The first kappa shape index (κ1) is 12.7. The van der Waals surface area contributed by atoms with Crippen LogP contribution in [0.3, 0.4) is 0 Å². The highest BCUT2D eigenvalue weighted by atomic mass is 16.1. The fraction of sp³-hybridized carbons (Fsp3) is 0.562. The summed E-state index contributed by atoms with van der Waals surface area (Å²) in [6.07, 6.45) is 6.42. The highest BCUT2D eigenvalue weighted by Crippen LogP contribution is 2.19. The number of hydrogen-bond acceptors (Lipinski definition) is 2. The lowest BCUT2D eigenvalue weighted by Crippen LogP contribution is -2.41. The van der Waals surface area contributed by atoms with Crippen LogP contribution in [-0.2, 0) is 17.8 Å². The maximum Gasteiger partial charge on any atom is 0.221 e. The van der Waals surface area contributed by atoms with Gasteiger partial charge in [-0.25, -0.2) is 0 Å². The fourth-order valence-corrected chi connectivity index (χ4v) is 3.25. The number of amides is 1. The van der Waals surface area contributed by atoms with Gasteiger partial charge in [0.15, 0.2) is 0 Å². The van der Waals surface area contributed by atoms with Gasteiger partial charge >= 0.3 is 0 Å². The predicted octanol–water partition coefficient (Wildman–Crippen LogP) is 2.15. The van der Waals surface area contributed by atoms with E-state index in [9.17, 15) is 4.79 Å². The Balaban J connectivity index is 1.52. The SMILES string of the molecule is O=C(CC1Cc2ccccc2CN1)NC1CCCC1. The van der Waals surface area contributed by atoms with E-state index in [1.165, 1.54) is 24.0 Å². The zero-order valence-corrected chi connectivity index (χ0v) is 11.3. The molecular formula is C16H22N2O. The Bertz CT molecular complexity index is 452. The van der Waals surface area contributed by atoms with Crippen molar-refractivity contribution in [2.45, 2.75) is 57.2 Å². The lowest BCUT2D eigenvalue weighted by atomic mass is 9.94. The first-order valence-corrected chi connectivity index (χ1v) is 7.41. The zero-order valence-electron chi connectivity index (χ0n) is 11.3. The highest BCUT2D eigenvalue weighted by molar-refractivity contribution is 5.77. The topological polar surface area (TPSA) is 41.1 Å². The molecular weight excluding hydrogens is 236 g/mol. The molecule has 3 nitrogen and oxygen atoms in total. The first-order chi connectivity index (χ1) is 9.31. The first-order valence-electron chi connectivity index (χ1n) is 7.41. The van der Waals surface area contributed by atoms with Gasteiger partial charge in [-0.1, -0.05) is 37.1 Å². The zero-order chi connectivity index (χ0) is 13.1. The van der Waals surface area contributed by atoms with Gasteiger partial charge in [0.05, 0.1) is 0 Å². The molecule has 1 saturated carbocycles. The van der Waals surface area contributed by atoms with E-state index in [-0.39, 0.29) is 11.9 Å². The Morgan fingerprint density at radius 1 is 1.21 bits per heavy atom. The van der Waals surface area contributed by atoms with Crippen molar-refractivity contribution in [2.24, 2.45) is 0 Å². The average molecular weight is 258 g/mol. The van der Waals surface area contributed by atoms with E-state index in [1.807, 2.05) is 0 Å². The minimum absolute atomic E-state index is 0.212. The van der Waals surface area contributed by atoms with Crippen LogP contribution in [-0.4, -0.2) is 18.0 Å². The fourth-order valence-electron chi connectivity index (χ4n) is 3.25. The van der Waals surface area contributed by atoms with Gasteiger partial charge in [0.1, 0.15) is 0 Å². The number of carbonyl (C=O) groups is 1. The van der Waals surface area contributed by atoms with Crippen molar-refractivity contribution in [2.75, 3.05) is 0 Å². The Morgan fingerprint density at radius 3 is 2.74 bits per heavy atom. The molecule has 1 aliphatic carbocycles. The van der Waals surface area contributed by atoms with Crippen molar-refractivity contribution in [3.05, 3.63) is 35.4 Å². The summed E-state index contributed by atoms with van der Waals surface area (Å²) in [6.45, 7) is 0.886. The standard InChI is InChI=1S/C16H22N2O/c19-16(18-14-7-3-4-8-14)10-15-9-12-5-1-2-6-13(12)11-17-15/h1-2,5-6,14-15,17H,3-4,7-11H2,(H,18,19). The minimum Gasteiger partial charge on any atom is -0.353 e. The molecule has 1 aromatic rings. The summed E-state index contributed by atoms with van der Waals surface area (Å²) in [6, 6.07) is 9.22. The number of rotatable bonds is 3. The average Bonchev–Trinajstić information content (AvgIpc) is 2.91. The number of benzene rings is 1. The van der Waals surface area contributed by atoms with Gasteiger partial charge in [0.2, 0.25) is 5.91 Å². The molecule has 1 aliphatic heterocycles. The Kier molecular flexibility index (Phi) is 3.83.